The maximum atomic E-state index is 13.4. The van der Waals surface area contributed by atoms with Crippen LogP contribution in [-0.4, -0.2) is 122 Å². The van der Waals surface area contributed by atoms with E-state index in [1.54, 1.807) is 0 Å². The molecule has 2 aliphatic heterocycles. The highest BCUT2D eigenvalue weighted by atomic mass is 35.5. The lowest BCUT2D eigenvalue weighted by Crippen LogP contribution is -2.68. The van der Waals surface area contributed by atoms with Crippen molar-refractivity contribution in [2.24, 2.45) is 0 Å². The molecule has 2 fully saturated rings. The summed E-state index contributed by atoms with van der Waals surface area (Å²) in [5.74, 6) is -7.03. The van der Waals surface area contributed by atoms with E-state index in [0.717, 1.165) is 48.5 Å². The molecule has 1 amide bonds. The molecule has 2 heterocycles. The normalized spacial score (nSPS) is 27.6. The maximum absolute atomic E-state index is 13.4. The molecule has 298 valence electrons. The number of amides is 1. The number of hydrogen-bond acceptors (Lipinski definition) is 19. The van der Waals surface area contributed by atoms with Gasteiger partial charge in [-0.1, -0.05) is 11.6 Å². The fourth-order valence-corrected chi connectivity index (χ4v) is 5.64. The predicted octanol–water partition coefficient (Wildman–Crippen LogP) is 0.272. The number of hydrogen-bond donors (Lipinski definition) is 2. The Morgan fingerprint density at radius 3 is 1.54 bits per heavy atom. The van der Waals surface area contributed by atoms with Crippen molar-refractivity contribution in [3.05, 3.63) is 28.8 Å². The third-order valence-corrected chi connectivity index (χ3v) is 7.80. The number of anilines is 1. The molecule has 0 aromatic heterocycles. The van der Waals surface area contributed by atoms with E-state index < -0.39 is 122 Å². The maximum Gasteiger partial charge on any atom is 0.303 e. The van der Waals surface area contributed by atoms with Gasteiger partial charge in [0.2, 0.25) is 0 Å². The average molecular weight is 789 g/mol. The lowest BCUT2D eigenvalue weighted by atomic mass is 9.95. The van der Waals surface area contributed by atoms with Gasteiger partial charge in [0, 0.05) is 54.0 Å². The number of carbonyl (C=O) groups excluding carboxylic acids is 8. The highest BCUT2D eigenvalue weighted by Gasteiger charge is 2.57. The van der Waals surface area contributed by atoms with E-state index in [0.29, 0.717) is 0 Å². The van der Waals surface area contributed by atoms with Crippen molar-refractivity contribution < 1.29 is 85.7 Å². The third kappa shape index (κ3) is 12.3. The van der Waals surface area contributed by atoms with Gasteiger partial charge in [-0.05, 0) is 18.2 Å². The minimum atomic E-state index is -1.86. The fraction of sp³-hybridized carbons (Fsp3) is 0.576. The summed E-state index contributed by atoms with van der Waals surface area (Å²) in [6.07, 6.45) is -16.5. The molecule has 0 bridgehead atoms. The van der Waals surface area contributed by atoms with E-state index in [2.05, 4.69) is 5.32 Å². The lowest BCUT2D eigenvalue weighted by molar-refractivity contribution is -0.345. The molecule has 1 aromatic rings. The van der Waals surface area contributed by atoms with Crippen molar-refractivity contribution in [2.75, 3.05) is 18.9 Å². The van der Waals surface area contributed by atoms with E-state index in [1.807, 2.05) is 0 Å². The van der Waals surface area contributed by atoms with Gasteiger partial charge in [0.05, 0.1) is 10.7 Å². The molecule has 0 unspecified atom stereocenters. The summed E-state index contributed by atoms with van der Waals surface area (Å²) in [5, 5.41) is 2.69. The Bertz CT molecular complexity index is 1600. The van der Waals surface area contributed by atoms with Crippen LogP contribution >= 0.6 is 11.6 Å². The molecule has 0 saturated carbocycles. The number of rotatable bonds is 13. The zero-order valence-electron chi connectivity index (χ0n) is 30.2. The molecular weight excluding hydrogens is 748 g/mol. The number of ether oxygens (including phenoxy) is 10. The molecule has 10 atom stereocenters. The van der Waals surface area contributed by atoms with Gasteiger partial charge < -0.3 is 58.4 Å². The van der Waals surface area contributed by atoms with E-state index >= 15 is 0 Å². The highest BCUT2D eigenvalue weighted by molar-refractivity contribution is 6.33. The molecule has 54 heavy (non-hydrogen) atoms. The molecule has 21 heteroatoms. The molecule has 0 radical (unpaired) electrons. The Morgan fingerprint density at radius 2 is 1.06 bits per heavy atom. The summed E-state index contributed by atoms with van der Waals surface area (Å²) < 4.78 is 56.1. The van der Waals surface area contributed by atoms with Crippen molar-refractivity contribution in [1.82, 2.24) is 5.32 Å². The van der Waals surface area contributed by atoms with Gasteiger partial charge >= 0.3 is 41.8 Å². The first-order chi connectivity index (χ1) is 25.3. The summed E-state index contributed by atoms with van der Waals surface area (Å²) in [6.45, 7) is 5.98. The lowest BCUT2D eigenvalue weighted by Gasteiger charge is -2.48. The Balaban J connectivity index is 2.17. The van der Waals surface area contributed by atoms with Crippen LogP contribution in [0.1, 0.15) is 58.8 Å². The SMILES string of the molecule is CC(=O)OC[C@H]1O[C@@H](NC(=O)c2ccc(Cl)c(N)c2)[C@H](OC(C)=O)[C@@H](OC(C)=O)[C@@H]1O[C@H]1O[C@H](COC(C)=O)[C@@H](OC(C)=O)[C@H](OC(C)=O)[C@H]1OC(C)=O. The summed E-state index contributed by atoms with van der Waals surface area (Å²) in [6, 6.07) is 3.96. The van der Waals surface area contributed by atoms with Gasteiger partial charge in [0.15, 0.2) is 43.0 Å². The van der Waals surface area contributed by atoms with E-state index in [1.165, 1.54) is 18.2 Å². The highest BCUT2D eigenvalue weighted by Crippen LogP contribution is 2.35. The van der Waals surface area contributed by atoms with Crippen LogP contribution in [0.2, 0.25) is 5.02 Å². The molecule has 0 spiro atoms. The Kier molecular flexibility index (Phi) is 15.5. The minimum Gasteiger partial charge on any atom is -0.463 e. The monoisotopic (exact) mass is 788 g/mol. The van der Waals surface area contributed by atoms with E-state index in [9.17, 15) is 38.4 Å². The minimum absolute atomic E-state index is 0.00137. The Hall–Kier alpha value is -5.05. The Morgan fingerprint density at radius 1 is 0.611 bits per heavy atom. The zero-order valence-corrected chi connectivity index (χ0v) is 31.0. The summed E-state index contributed by atoms with van der Waals surface area (Å²) >= 11 is 5.99. The smallest absolute Gasteiger partial charge is 0.303 e. The topological polar surface area (TPSA) is 267 Å². The second-order valence-corrected chi connectivity index (χ2v) is 12.3. The first-order valence-corrected chi connectivity index (χ1v) is 16.6. The number of benzene rings is 1. The first-order valence-electron chi connectivity index (χ1n) is 16.2. The second-order valence-electron chi connectivity index (χ2n) is 11.9. The molecular formula is C33H41ClN2O18. The molecule has 1 aromatic carbocycles. The van der Waals surface area contributed by atoms with Crippen molar-refractivity contribution in [1.29, 1.82) is 0 Å². The zero-order chi connectivity index (χ0) is 40.4. The second kappa shape index (κ2) is 19.3. The molecule has 3 N–H and O–H groups in total. The van der Waals surface area contributed by atoms with Crippen LogP contribution in [-0.2, 0) is 80.9 Å². The van der Waals surface area contributed by atoms with Crippen molar-refractivity contribution in [3.8, 4) is 0 Å². The van der Waals surface area contributed by atoms with E-state index in [-0.39, 0.29) is 16.3 Å². The number of nitrogens with two attached hydrogens (primary N) is 1. The summed E-state index contributed by atoms with van der Waals surface area (Å²) in [7, 11) is 0. The number of carbonyl (C=O) groups is 8. The number of esters is 7. The number of nitrogen functional groups attached to an aromatic ring is 1. The largest absolute Gasteiger partial charge is 0.463 e. The van der Waals surface area contributed by atoms with Crippen LogP contribution in [0.4, 0.5) is 5.69 Å². The van der Waals surface area contributed by atoms with Crippen LogP contribution in [0.3, 0.4) is 0 Å². The van der Waals surface area contributed by atoms with E-state index in [4.69, 9.17) is 64.7 Å². The van der Waals surface area contributed by atoms with Gasteiger partial charge in [-0.2, -0.15) is 0 Å². The van der Waals surface area contributed by atoms with Crippen molar-refractivity contribution in [2.45, 2.75) is 110 Å². The van der Waals surface area contributed by atoms with Crippen LogP contribution in [0, 0.1) is 0 Å². The Labute approximate surface area is 313 Å². The standard InChI is InChI=1S/C33H41ClN2O18/c1-13(37)45-11-23-26(27(48-16(4)40)29(50-18(6)42)32(52-23)36-31(44)20-8-9-21(34)22(35)10-20)54-33-30(51-19(7)43)28(49-17(5)41)25(47-15(3)39)24(53-33)12-46-14(2)38/h8-10,23-30,32-33H,11-12,35H2,1-7H3,(H,36,44)/t23-,24-,25-,26-,27+,28+,29-,30-,32-,33-/m1/s1. The number of nitrogens with one attached hydrogen (secondary N) is 1. The number of halogens is 1. The summed E-state index contributed by atoms with van der Waals surface area (Å²) in [5.41, 5.74) is 5.92. The van der Waals surface area contributed by atoms with Crippen LogP contribution in [0.5, 0.6) is 0 Å². The van der Waals surface area contributed by atoms with Crippen molar-refractivity contribution in [3.63, 3.8) is 0 Å². The molecule has 0 aliphatic carbocycles. The third-order valence-electron chi connectivity index (χ3n) is 7.46. The fourth-order valence-electron chi connectivity index (χ4n) is 5.53. The van der Waals surface area contributed by atoms with Gasteiger partial charge in [0.25, 0.3) is 5.91 Å². The van der Waals surface area contributed by atoms with Gasteiger partial charge in [-0.3, -0.25) is 38.4 Å². The predicted molar refractivity (Wildman–Crippen MR) is 177 cm³/mol. The van der Waals surface area contributed by atoms with Gasteiger partial charge in [-0.25, -0.2) is 0 Å². The average Bonchev–Trinajstić information content (AvgIpc) is 3.04. The first kappa shape index (κ1) is 43.4. The molecule has 20 nitrogen and oxygen atoms in total. The molecule has 2 saturated heterocycles. The molecule has 2 aliphatic rings. The van der Waals surface area contributed by atoms with Gasteiger partial charge in [0.1, 0.15) is 31.5 Å². The van der Waals surface area contributed by atoms with Crippen LogP contribution in [0.25, 0.3) is 0 Å². The van der Waals surface area contributed by atoms with Crippen LogP contribution in [0.15, 0.2) is 18.2 Å². The van der Waals surface area contributed by atoms with Gasteiger partial charge in [-0.15, -0.1) is 0 Å². The molecule has 3 rings (SSSR count). The quantitative estimate of drug-likeness (QED) is 0.154. The summed E-state index contributed by atoms with van der Waals surface area (Å²) in [4.78, 5) is 99.1. The van der Waals surface area contributed by atoms with Crippen molar-refractivity contribution >= 4 is 65.0 Å². The van der Waals surface area contributed by atoms with Crippen LogP contribution < -0.4 is 11.1 Å².